The van der Waals surface area contributed by atoms with E-state index in [9.17, 15) is 24.3 Å². The topological polar surface area (TPSA) is 118 Å². The smallest absolute Gasteiger partial charge is 0.326 e. The molecule has 8 heteroatoms. The number of hydrogen-bond donors (Lipinski definition) is 3. The van der Waals surface area contributed by atoms with E-state index in [1.165, 1.54) is 22.8 Å². The molecular weight excluding hydrogens is 374 g/mol. The molecule has 2 amide bonds. The lowest BCUT2D eigenvalue weighted by Crippen LogP contribution is -2.40. The predicted molar refractivity (Wildman–Crippen MR) is 109 cm³/mol. The molecule has 0 saturated carbocycles. The summed E-state index contributed by atoms with van der Waals surface area (Å²) in [4.78, 5) is 47.5. The number of amides is 2. The van der Waals surface area contributed by atoms with Crippen molar-refractivity contribution in [3.8, 4) is 0 Å². The van der Waals surface area contributed by atoms with E-state index in [-0.39, 0.29) is 18.0 Å². The van der Waals surface area contributed by atoms with E-state index in [1.807, 2.05) is 6.92 Å². The fourth-order valence-electron chi connectivity index (χ4n) is 2.70. The van der Waals surface area contributed by atoms with E-state index in [0.29, 0.717) is 24.1 Å². The third-order valence-electron chi connectivity index (χ3n) is 4.35. The lowest BCUT2D eigenvalue weighted by Gasteiger charge is -2.14. The number of aliphatic carboxylic acids is 1. The van der Waals surface area contributed by atoms with Gasteiger partial charge in [0.25, 0.3) is 11.5 Å². The van der Waals surface area contributed by atoms with Gasteiger partial charge in [-0.15, -0.1) is 0 Å². The number of unbranched alkanes of at least 4 members (excludes halogenated alkanes) is 1. The summed E-state index contributed by atoms with van der Waals surface area (Å²) in [5.74, 6) is -1.93. The van der Waals surface area contributed by atoms with Gasteiger partial charge in [-0.1, -0.05) is 19.8 Å². The summed E-state index contributed by atoms with van der Waals surface area (Å²) in [7, 11) is 0. The van der Waals surface area contributed by atoms with Crippen LogP contribution in [0.3, 0.4) is 0 Å². The van der Waals surface area contributed by atoms with Gasteiger partial charge in [0.1, 0.15) is 12.6 Å². The first kappa shape index (κ1) is 21.9. The van der Waals surface area contributed by atoms with Crippen molar-refractivity contribution >= 4 is 23.5 Å². The van der Waals surface area contributed by atoms with Crippen LogP contribution in [0.25, 0.3) is 0 Å². The summed E-state index contributed by atoms with van der Waals surface area (Å²) in [6, 6.07) is 8.36. The van der Waals surface area contributed by atoms with E-state index >= 15 is 0 Å². The minimum Gasteiger partial charge on any atom is -0.480 e. The normalized spacial score (nSPS) is 11.5. The average Bonchev–Trinajstić information content (AvgIpc) is 2.67. The second kappa shape index (κ2) is 10.2. The molecule has 0 aliphatic carbocycles. The molecule has 8 nitrogen and oxygen atoms in total. The van der Waals surface area contributed by atoms with Crippen molar-refractivity contribution in [2.45, 2.75) is 45.7 Å². The highest BCUT2D eigenvalue weighted by molar-refractivity contribution is 5.97. The van der Waals surface area contributed by atoms with Gasteiger partial charge in [-0.25, -0.2) is 4.79 Å². The highest BCUT2D eigenvalue weighted by Gasteiger charge is 2.20. The number of benzene rings is 1. The van der Waals surface area contributed by atoms with E-state index in [2.05, 4.69) is 10.6 Å². The van der Waals surface area contributed by atoms with Gasteiger partial charge in [0.2, 0.25) is 5.91 Å². The highest BCUT2D eigenvalue weighted by atomic mass is 16.4. The second-order valence-corrected chi connectivity index (χ2v) is 6.80. The molecule has 0 aliphatic heterocycles. The number of carboxylic acids is 1. The molecule has 0 spiro atoms. The Kier molecular flexibility index (Phi) is 7.70. The number of nitrogens with one attached hydrogen (secondary N) is 2. The zero-order chi connectivity index (χ0) is 21.4. The van der Waals surface area contributed by atoms with Gasteiger partial charge in [-0.3, -0.25) is 14.4 Å². The molecule has 0 saturated heterocycles. The van der Waals surface area contributed by atoms with Gasteiger partial charge < -0.3 is 20.3 Å². The van der Waals surface area contributed by atoms with Crippen molar-refractivity contribution < 1.29 is 19.5 Å². The Hall–Kier alpha value is -3.42. The monoisotopic (exact) mass is 399 g/mol. The Bertz CT molecular complexity index is 934. The molecule has 2 rings (SSSR count). The molecule has 1 atom stereocenters. The number of nitrogens with zero attached hydrogens (tertiary/aromatic N) is 1. The number of carbonyl (C=O) groups is 3. The standard InChI is InChI=1S/C21H25N3O5/c1-3-4-5-17(21(28)29)23-20(27)15-6-8-16(9-7-15)22-18(25)13-24-11-10-14(2)12-19(24)26/h6-12,17H,3-5,13H2,1-2H3,(H,22,25)(H,23,27)(H,28,29). The van der Waals surface area contributed by atoms with Crippen LogP contribution in [0, 0.1) is 6.92 Å². The maximum absolute atomic E-state index is 12.3. The van der Waals surface area contributed by atoms with E-state index < -0.39 is 17.9 Å². The summed E-state index contributed by atoms with van der Waals surface area (Å²) in [6.07, 6.45) is 3.46. The fraction of sp³-hybridized carbons (Fsp3) is 0.333. The minimum absolute atomic E-state index is 0.126. The maximum Gasteiger partial charge on any atom is 0.326 e. The number of aryl methyl sites for hydroxylation is 1. The van der Waals surface area contributed by atoms with Crippen LogP contribution in [0.2, 0.25) is 0 Å². The number of hydrogen-bond acceptors (Lipinski definition) is 4. The first-order chi connectivity index (χ1) is 13.8. The Labute approximate surface area is 168 Å². The van der Waals surface area contributed by atoms with Crippen molar-refractivity contribution in [2.75, 3.05) is 5.32 Å². The van der Waals surface area contributed by atoms with Gasteiger partial charge in [0.15, 0.2) is 0 Å². The van der Waals surface area contributed by atoms with Crippen LogP contribution in [0.5, 0.6) is 0 Å². The lowest BCUT2D eigenvalue weighted by molar-refractivity contribution is -0.139. The first-order valence-corrected chi connectivity index (χ1v) is 9.41. The van der Waals surface area contributed by atoms with Gasteiger partial charge in [-0.05, 0) is 49.2 Å². The Morgan fingerprint density at radius 2 is 1.83 bits per heavy atom. The molecule has 1 aromatic heterocycles. The summed E-state index contributed by atoms with van der Waals surface area (Å²) in [5.41, 5.74) is 1.32. The van der Waals surface area contributed by atoms with E-state index in [1.54, 1.807) is 31.3 Å². The maximum atomic E-state index is 12.3. The summed E-state index contributed by atoms with van der Waals surface area (Å²) >= 11 is 0. The summed E-state index contributed by atoms with van der Waals surface area (Å²) in [6.45, 7) is 3.62. The average molecular weight is 399 g/mol. The number of pyridine rings is 1. The fourth-order valence-corrected chi connectivity index (χ4v) is 2.70. The number of carboxylic acid groups (broad SMARTS) is 1. The molecule has 1 aromatic carbocycles. The van der Waals surface area contributed by atoms with Gasteiger partial charge in [0.05, 0.1) is 0 Å². The van der Waals surface area contributed by atoms with Crippen LogP contribution in [0.4, 0.5) is 5.69 Å². The van der Waals surface area contributed by atoms with Crippen molar-refractivity contribution in [1.29, 1.82) is 0 Å². The Morgan fingerprint density at radius 1 is 1.14 bits per heavy atom. The number of carbonyl (C=O) groups excluding carboxylic acids is 2. The quantitative estimate of drug-likeness (QED) is 0.597. The molecule has 0 radical (unpaired) electrons. The molecular formula is C21H25N3O5. The van der Waals surface area contributed by atoms with Gasteiger partial charge >= 0.3 is 5.97 Å². The summed E-state index contributed by atoms with van der Waals surface area (Å²) in [5, 5.41) is 14.4. The van der Waals surface area contributed by atoms with Crippen LogP contribution >= 0.6 is 0 Å². The van der Waals surface area contributed by atoms with Crippen molar-refractivity contribution in [2.24, 2.45) is 0 Å². The van der Waals surface area contributed by atoms with Gasteiger partial charge in [-0.2, -0.15) is 0 Å². The van der Waals surface area contributed by atoms with Crippen LogP contribution in [0.15, 0.2) is 47.4 Å². The summed E-state index contributed by atoms with van der Waals surface area (Å²) < 4.78 is 1.30. The molecule has 2 aromatic rings. The molecule has 0 bridgehead atoms. The van der Waals surface area contributed by atoms with E-state index in [4.69, 9.17) is 0 Å². The molecule has 0 aliphatic rings. The van der Waals surface area contributed by atoms with Crippen molar-refractivity contribution in [3.05, 3.63) is 64.1 Å². The zero-order valence-corrected chi connectivity index (χ0v) is 16.5. The zero-order valence-electron chi connectivity index (χ0n) is 16.5. The second-order valence-electron chi connectivity index (χ2n) is 6.80. The van der Waals surface area contributed by atoms with E-state index in [0.717, 1.165) is 12.0 Å². The van der Waals surface area contributed by atoms with Crippen molar-refractivity contribution in [3.63, 3.8) is 0 Å². The van der Waals surface area contributed by atoms with Crippen LogP contribution in [-0.2, 0) is 16.1 Å². The Morgan fingerprint density at radius 3 is 2.41 bits per heavy atom. The minimum atomic E-state index is -1.07. The molecule has 1 heterocycles. The largest absolute Gasteiger partial charge is 0.480 e. The first-order valence-electron chi connectivity index (χ1n) is 9.41. The molecule has 1 unspecified atom stereocenters. The van der Waals surface area contributed by atoms with Gasteiger partial charge in [0, 0.05) is 23.5 Å². The van der Waals surface area contributed by atoms with Crippen molar-refractivity contribution in [1.82, 2.24) is 9.88 Å². The molecule has 154 valence electrons. The Balaban J connectivity index is 1.96. The highest BCUT2D eigenvalue weighted by Crippen LogP contribution is 2.11. The molecule has 29 heavy (non-hydrogen) atoms. The predicted octanol–water partition coefficient (Wildman–Crippen LogP) is 2.17. The molecule has 3 N–H and O–H groups in total. The van der Waals surface area contributed by atoms with Crippen LogP contribution in [-0.4, -0.2) is 33.5 Å². The molecule has 0 fully saturated rings. The third-order valence-corrected chi connectivity index (χ3v) is 4.35. The number of anilines is 1. The van der Waals surface area contributed by atoms with Crippen LogP contribution in [0.1, 0.15) is 42.1 Å². The van der Waals surface area contributed by atoms with Crippen LogP contribution < -0.4 is 16.2 Å². The number of rotatable bonds is 9. The SMILES string of the molecule is CCCCC(NC(=O)c1ccc(NC(=O)Cn2ccc(C)cc2=O)cc1)C(=O)O. The third kappa shape index (κ3) is 6.60. The number of aromatic nitrogens is 1. The lowest BCUT2D eigenvalue weighted by atomic mass is 10.1.